The SMILES string of the molecule is Cc1cc(C)nc(Nc2ccccc2C(=O)Nc2ccccc2)n1. The number of aryl methyl sites for hydroxylation is 2. The second kappa shape index (κ2) is 6.91. The number of benzene rings is 2. The highest BCUT2D eigenvalue weighted by Gasteiger charge is 2.12. The number of carbonyl (C=O) groups excluding carboxylic acids is 1. The third kappa shape index (κ3) is 3.76. The topological polar surface area (TPSA) is 66.9 Å². The molecule has 0 saturated carbocycles. The Morgan fingerprint density at radius 1 is 0.875 bits per heavy atom. The van der Waals surface area contributed by atoms with Crippen molar-refractivity contribution >= 4 is 23.2 Å². The molecule has 1 heterocycles. The number of anilines is 3. The maximum absolute atomic E-state index is 12.6. The highest BCUT2D eigenvalue weighted by molar-refractivity contribution is 6.08. The van der Waals surface area contributed by atoms with E-state index in [2.05, 4.69) is 20.6 Å². The predicted molar refractivity (Wildman–Crippen MR) is 95.6 cm³/mol. The van der Waals surface area contributed by atoms with Crippen molar-refractivity contribution in [3.63, 3.8) is 0 Å². The van der Waals surface area contributed by atoms with Crippen LogP contribution >= 0.6 is 0 Å². The van der Waals surface area contributed by atoms with E-state index in [-0.39, 0.29) is 5.91 Å². The maximum atomic E-state index is 12.6. The Labute approximate surface area is 140 Å². The highest BCUT2D eigenvalue weighted by Crippen LogP contribution is 2.20. The third-order valence-electron chi connectivity index (χ3n) is 3.43. The molecular formula is C19H18N4O. The molecule has 1 aromatic heterocycles. The molecule has 0 saturated heterocycles. The summed E-state index contributed by atoms with van der Waals surface area (Å²) in [5.74, 6) is 0.293. The van der Waals surface area contributed by atoms with Gasteiger partial charge in [0.15, 0.2) is 0 Å². The fraction of sp³-hybridized carbons (Fsp3) is 0.105. The summed E-state index contributed by atoms with van der Waals surface area (Å²) in [6.07, 6.45) is 0. The van der Waals surface area contributed by atoms with E-state index in [1.54, 1.807) is 6.07 Å². The van der Waals surface area contributed by atoms with Gasteiger partial charge >= 0.3 is 0 Å². The van der Waals surface area contributed by atoms with Crippen LogP contribution in [0.4, 0.5) is 17.3 Å². The van der Waals surface area contributed by atoms with Gasteiger partial charge in [-0.2, -0.15) is 0 Å². The summed E-state index contributed by atoms with van der Waals surface area (Å²) < 4.78 is 0. The maximum Gasteiger partial charge on any atom is 0.257 e. The minimum atomic E-state index is -0.186. The first-order valence-corrected chi connectivity index (χ1v) is 7.66. The van der Waals surface area contributed by atoms with Gasteiger partial charge in [-0.25, -0.2) is 9.97 Å². The Balaban J connectivity index is 1.86. The van der Waals surface area contributed by atoms with Gasteiger partial charge in [-0.3, -0.25) is 4.79 Å². The van der Waals surface area contributed by atoms with Gasteiger partial charge in [-0.15, -0.1) is 0 Å². The number of nitrogens with one attached hydrogen (secondary N) is 2. The van der Waals surface area contributed by atoms with Crippen molar-refractivity contribution in [2.75, 3.05) is 10.6 Å². The molecule has 0 aliphatic rings. The van der Waals surface area contributed by atoms with Crippen LogP contribution in [-0.4, -0.2) is 15.9 Å². The second-order valence-corrected chi connectivity index (χ2v) is 5.47. The first-order valence-electron chi connectivity index (χ1n) is 7.66. The Hall–Kier alpha value is -3.21. The minimum Gasteiger partial charge on any atom is -0.323 e. The molecule has 3 aromatic rings. The monoisotopic (exact) mass is 318 g/mol. The Bertz CT molecular complexity index is 842. The molecule has 0 unspecified atom stereocenters. The number of aromatic nitrogens is 2. The van der Waals surface area contributed by atoms with Crippen molar-refractivity contribution in [3.8, 4) is 0 Å². The van der Waals surface area contributed by atoms with E-state index in [1.807, 2.05) is 68.4 Å². The van der Waals surface area contributed by atoms with Crippen LogP contribution < -0.4 is 10.6 Å². The molecule has 5 nitrogen and oxygen atoms in total. The second-order valence-electron chi connectivity index (χ2n) is 5.47. The Morgan fingerprint density at radius 2 is 1.50 bits per heavy atom. The van der Waals surface area contributed by atoms with Crippen LogP contribution in [0.15, 0.2) is 60.7 Å². The van der Waals surface area contributed by atoms with Crippen molar-refractivity contribution in [2.24, 2.45) is 0 Å². The van der Waals surface area contributed by atoms with Crippen LogP contribution in [0, 0.1) is 13.8 Å². The average Bonchev–Trinajstić information content (AvgIpc) is 2.55. The van der Waals surface area contributed by atoms with Gasteiger partial charge in [0.1, 0.15) is 0 Å². The zero-order chi connectivity index (χ0) is 16.9. The number of hydrogen-bond acceptors (Lipinski definition) is 4. The van der Waals surface area contributed by atoms with Gasteiger partial charge in [-0.05, 0) is 44.2 Å². The zero-order valence-electron chi connectivity index (χ0n) is 13.6. The van der Waals surface area contributed by atoms with E-state index in [9.17, 15) is 4.79 Å². The summed E-state index contributed by atoms with van der Waals surface area (Å²) in [5, 5.41) is 6.03. The van der Waals surface area contributed by atoms with Crippen molar-refractivity contribution < 1.29 is 4.79 Å². The number of hydrogen-bond donors (Lipinski definition) is 2. The zero-order valence-corrected chi connectivity index (χ0v) is 13.6. The molecule has 0 radical (unpaired) electrons. The Morgan fingerprint density at radius 3 is 2.21 bits per heavy atom. The summed E-state index contributed by atoms with van der Waals surface area (Å²) in [6.45, 7) is 3.82. The molecule has 2 N–H and O–H groups in total. The van der Waals surface area contributed by atoms with Gasteiger partial charge in [0.2, 0.25) is 5.95 Å². The summed E-state index contributed by atoms with van der Waals surface area (Å²) >= 11 is 0. The van der Waals surface area contributed by atoms with Crippen molar-refractivity contribution in [1.29, 1.82) is 0 Å². The van der Waals surface area contributed by atoms with Gasteiger partial charge < -0.3 is 10.6 Å². The lowest BCUT2D eigenvalue weighted by Gasteiger charge is -2.12. The first-order chi connectivity index (χ1) is 11.6. The smallest absolute Gasteiger partial charge is 0.257 e. The molecule has 2 aromatic carbocycles. The van der Waals surface area contributed by atoms with Crippen molar-refractivity contribution in [3.05, 3.63) is 77.6 Å². The quantitative estimate of drug-likeness (QED) is 0.760. The van der Waals surface area contributed by atoms with Crippen molar-refractivity contribution in [1.82, 2.24) is 9.97 Å². The molecule has 1 amide bonds. The number of amides is 1. The average molecular weight is 318 g/mol. The van der Waals surface area contributed by atoms with Gasteiger partial charge in [0, 0.05) is 17.1 Å². The molecule has 0 atom stereocenters. The molecule has 0 aliphatic heterocycles. The fourth-order valence-electron chi connectivity index (χ4n) is 2.41. The standard InChI is InChI=1S/C19H18N4O/c1-13-12-14(2)21-19(20-13)23-17-11-7-6-10-16(17)18(24)22-15-8-4-3-5-9-15/h3-12H,1-2H3,(H,22,24)(H,20,21,23). The molecule has 0 bridgehead atoms. The van der Waals surface area contributed by atoms with E-state index in [1.165, 1.54) is 0 Å². The lowest BCUT2D eigenvalue weighted by Crippen LogP contribution is -2.14. The molecule has 120 valence electrons. The van der Waals surface area contributed by atoms with Crippen LogP contribution in [-0.2, 0) is 0 Å². The lowest BCUT2D eigenvalue weighted by atomic mass is 10.1. The summed E-state index contributed by atoms with van der Waals surface area (Å²) in [5.41, 5.74) is 3.69. The number of nitrogens with zero attached hydrogens (tertiary/aromatic N) is 2. The summed E-state index contributed by atoms with van der Waals surface area (Å²) in [4.78, 5) is 21.3. The van der Waals surface area contributed by atoms with Crippen LogP contribution in [0.3, 0.4) is 0 Å². The van der Waals surface area contributed by atoms with Crippen LogP contribution in [0.5, 0.6) is 0 Å². The molecule has 5 heteroatoms. The molecule has 24 heavy (non-hydrogen) atoms. The van der Waals surface area contributed by atoms with E-state index in [4.69, 9.17) is 0 Å². The van der Waals surface area contributed by atoms with Gasteiger partial charge in [0.05, 0.1) is 11.3 Å². The van der Waals surface area contributed by atoms with E-state index >= 15 is 0 Å². The first kappa shape index (κ1) is 15.7. The predicted octanol–water partition coefficient (Wildman–Crippen LogP) is 4.09. The molecule has 0 aliphatic carbocycles. The summed E-state index contributed by atoms with van der Waals surface area (Å²) in [7, 11) is 0. The van der Waals surface area contributed by atoms with Gasteiger partial charge in [0.25, 0.3) is 5.91 Å². The number of carbonyl (C=O) groups is 1. The lowest BCUT2D eigenvalue weighted by molar-refractivity contribution is 0.102. The third-order valence-corrected chi connectivity index (χ3v) is 3.43. The Kier molecular flexibility index (Phi) is 4.52. The van der Waals surface area contributed by atoms with Crippen LogP contribution in [0.25, 0.3) is 0 Å². The van der Waals surface area contributed by atoms with Crippen molar-refractivity contribution in [2.45, 2.75) is 13.8 Å². The largest absolute Gasteiger partial charge is 0.323 e. The normalized spacial score (nSPS) is 10.2. The number of para-hydroxylation sites is 2. The van der Waals surface area contributed by atoms with Crippen LogP contribution in [0.1, 0.15) is 21.7 Å². The van der Waals surface area contributed by atoms with E-state index < -0.39 is 0 Å². The molecule has 0 spiro atoms. The van der Waals surface area contributed by atoms with Gasteiger partial charge in [-0.1, -0.05) is 30.3 Å². The molecule has 0 fully saturated rings. The van der Waals surface area contributed by atoms with E-state index in [0.29, 0.717) is 17.2 Å². The van der Waals surface area contributed by atoms with Crippen LogP contribution in [0.2, 0.25) is 0 Å². The summed E-state index contributed by atoms with van der Waals surface area (Å²) in [6, 6.07) is 18.6. The van der Waals surface area contributed by atoms with E-state index in [0.717, 1.165) is 17.1 Å². The molecule has 3 rings (SSSR count). The number of rotatable bonds is 4. The highest BCUT2D eigenvalue weighted by atomic mass is 16.1. The minimum absolute atomic E-state index is 0.186. The molecular weight excluding hydrogens is 300 g/mol. The fourth-order valence-corrected chi connectivity index (χ4v) is 2.41.